The van der Waals surface area contributed by atoms with Gasteiger partial charge in [0.1, 0.15) is 6.61 Å². The summed E-state index contributed by atoms with van der Waals surface area (Å²) in [5, 5.41) is 14.7. The van der Waals surface area contributed by atoms with Crippen molar-refractivity contribution < 1.29 is 19.2 Å². The molecule has 1 aliphatic carbocycles. The third-order valence-electron chi connectivity index (χ3n) is 6.09. The molecule has 0 unspecified atom stereocenters. The van der Waals surface area contributed by atoms with Gasteiger partial charge in [0.05, 0.1) is 10.5 Å². The number of benzene rings is 2. The highest BCUT2D eigenvalue weighted by Crippen LogP contribution is 2.47. The smallest absolute Gasteiger partial charge is 0.337 e. The number of carbonyl (C=O) groups is 2. The molecule has 0 saturated heterocycles. The van der Waals surface area contributed by atoms with Crippen molar-refractivity contribution >= 4 is 17.4 Å². The fourth-order valence-corrected chi connectivity index (χ4v) is 4.66. The largest absolute Gasteiger partial charge is 0.457 e. The minimum Gasteiger partial charge on any atom is -0.457 e. The van der Waals surface area contributed by atoms with Crippen molar-refractivity contribution in [1.82, 2.24) is 5.32 Å². The summed E-state index contributed by atoms with van der Waals surface area (Å²) < 4.78 is 5.62. The molecule has 2 aliphatic rings. The predicted octanol–water partition coefficient (Wildman–Crippen LogP) is 4.94. The average Bonchev–Trinajstić information content (AvgIpc) is 2.76. The average molecular weight is 447 g/mol. The maximum Gasteiger partial charge on any atom is 0.337 e. The molecule has 0 saturated carbocycles. The lowest BCUT2D eigenvalue weighted by Gasteiger charge is -2.39. The molecular weight excluding hydrogens is 420 g/mol. The molecule has 2 aromatic carbocycles. The summed E-state index contributed by atoms with van der Waals surface area (Å²) in [4.78, 5) is 37.5. The Hall–Kier alpha value is -3.74. The monoisotopic (exact) mass is 446 g/mol. The number of nitro benzene ring substituents is 1. The van der Waals surface area contributed by atoms with Crippen molar-refractivity contribution in [3.63, 3.8) is 0 Å². The number of allylic oxidation sites excluding steroid dienone is 3. The van der Waals surface area contributed by atoms with E-state index in [1.54, 1.807) is 19.1 Å². The first-order valence-electron chi connectivity index (χ1n) is 10.9. The fourth-order valence-electron chi connectivity index (χ4n) is 4.66. The Morgan fingerprint density at radius 3 is 2.58 bits per heavy atom. The van der Waals surface area contributed by atoms with Gasteiger partial charge in [0.25, 0.3) is 5.69 Å². The molecule has 0 radical (unpaired) electrons. The second-order valence-corrected chi connectivity index (χ2v) is 9.34. The molecule has 0 amide bonds. The molecule has 0 bridgehead atoms. The first kappa shape index (κ1) is 22.5. The van der Waals surface area contributed by atoms with Crippen LogP contribution in [0.15, 0.2) is 77.1 Å². The number of ether oxygens (including phenoxy) is 1. The lowest BCUT2D eigenvalue weighted by molar-refractivity contribution is -0.384. The van der Waals surface area contributed by atoms with Crippen LogP contribution in [0.2, 0.25) is 0 Å². The highest BCUT2D eigenvalue weighted by Gasteiger charge is 2.43. The highest BCUT2D eigenvalue weighted by atomic mass is 16.6. The van der Waals surface area contributed by atoms with Gasteiger partial charge in [-0.15, -0.1) is 0 Å². The summed E-state index contributed by atoms with van der Waals surface area (Å²) in [6.45, 7) is 5.92. The van der Waals surface area contributed by atoms with E-state index < -0.39 is 16.8 Å². The molecule has 0 aromatic heterocycles. The number of nitro groups is 1. The number of non-ortho nitro benzene ring substituents is 1. The van der Waals surface area contributed by atoms with Gasteiger partial charge in [0.15, 0.2) is 5.78 Å². The van der Waals surface area contributed by atoms with Gasteiger partial charge in [0.2, 0.25) is 0 Å². The fraction of sp³-hybridized carbons (Fsp3) is 0.308. The molecule has 7 heteroatoms. The molecule has 1 N–H and O–H groups in total. The number of carbonyl (C=O) groups excluding carboxylic acids is 2. The van der Waals surface area contributed by atoms with Gasteiger partial charge < -0.3 is 10.1 Å². The Morgan fingerprint density at radius 1 is 1.15 bits per heavy atom. The summed E-state index contributed by atoms with van der Waals surface area (Å²) in [7, 11) is 0. The van der Waals surface area contributed by atoms with E-state index in [1.165, 1.54) is 12.1 Å². The van der Waals surface area contributed by atoms with Gasteiger partial charge in [0, 0.05) is 41.4 Å². The lowest BCUT2D eigenvalue weighted by atomic mass is 9.68. The Morgan fingerprint density at radius 2 is 1.88 bits per heavy atom. The van der Waals surface area contributed by atoms with Gasteiger partial charge >= 0.3 is 5.97 Å². The Balaban J connectivity index is 1.77. The summed E-state index contributed by atoms with van der Waals surface area (Å²) in [5.74, 6) is -1.34. The van der Waals surface area contributed by atoms with Crippen LogP contribution in [-0.2, 0) is 20.9 Å². The normalized spacial score (nSPS) is 19.6. The standard InChI is InChI=1S/C26H26N2O5/c1-16-22(25(30)33-15-17-8-5-4-6-9-17)23(18-10-7-11-19(12-18)28(31)32)24-20(27-16)13-26(2,3)14-21(24)29/h4-12,23,27H,13-15H2,1-3H3/t23-/m0/s1. The van der Waals surface area contributed by atoms with Crippen LogP contribution in [0.5, 0.6) is 0 Å². The van der Waals surface area contributed by atoms with Crippen molar-refractivity contribution in [3.8, 4) is 0 Å². The zero-order valence-corrected chi connectivity index (χ0v) is 18.9. The van der Waals surface area contributed by atoms with Crippen molar-refractivity contribution in [2.45, 2.75) is 46.1 Å². The lowest BCUT2D eigenvalue weighted by Crippen LogP contribution is -2.38. The molecule has 7 nitrogen and oxygen atoms in total. The van der Waals surface area contributed by atoms with E-state index in [4.69, 9.17) is 4.74 Å². The van der Waals surface area contributed by atoms with Crippen molar-refractivity contribution in [2.75, 3.05) is 0 Å². The Labute approximate surface area is 192 Å². The van der Waals surface area contributed by atoms with E-state index in [0.29, 0.717) is 35.2 Å². The zero-order valence-electron chi connectivity index (χ0n) is 18.9. The van der Waals surface area contributed by atoms with Crippen LogP contribution in [0.4, 0.5) is 5.69 Å². The first-order chi connectivity index (χ1) is 15.7. The second kappa shape index (κ2) is 8.65. The van der Waals surface area contributed by atoms with E-state index in [0.717, 1.165) is 11.3 Å². The predicted molar refractivity (Wildman–Crippen MR) is 123 cm³/mol. The SMILES string of the molecule is CC1=C(C(=O)OCc2ccccc2)[C@H](c2cccc([N+](=O)[O-])c2)C2=C(CC(C)(C)CC2=O)N1. The van der Waals surface area contributed by atoms with Crippen molar-refractivity contribution in [3.05, 3.63) is 98.4 Å². The number of esters is 1. The van der Waals surface area contributed by atoms with Crippen LogP contribution in [0, 0.1) is 15.5 Å². The minimum absolute atomic E-state index is 0.0638. The number of hydrogen-bond acceptors (Lipinski definition) is 6. The second-order valence-electron chi connectivity index (χ2n) is 9.34. The van der Waals surface area contributed by atoms with E-state index in [-0.39, 0.29) is 23.5 Å². The third-order valence-corrected chi connectivity index (χ3v) is 6.09. The topological polar surface area (TPSA) is 98.5 Å². The van der Waals surface area contributed by atoms with Gasteiger partial charge in [-0.25, -0.2) is 4.79 Å². The van der Waals surface area contributed by atoms with Crippen LogP contribution in [0.25, 0.3) is 0 Å². The molecule has 1 atom stereocenters. The van der Waals surface area contributed by atoms with E-state index in [9.17, 15) is 19.7 Å². The number of rotatable bonds is 5. The molecular formula is C26H26N2O5. The van der Waals surface area contributed by atoms with Crippen LogP contribution in [-0.4, -0.2) is 16.7 Å². The van der Waals surface area contributed by atoms with E-state index in [2.05, 4.69) is 5.32 Å². The molecule has 0 spiro atoms. The Bertz CT molecular complexity index is 1190. The summed E-state index contributed by atoms with van der Waals surface area (Å²) in [6, 6.07) is 15.5. The van der Waals surface area contributed by atoms with Crippen LogP contribution >= 0.6 is 0 Å². The molecule has 4 rings (SSSR count). The van der Waals surface area contributed by atoms with Crippen LogP contribution in [0.1, 0.15) is 50.7 Å². The zero-order chi connectivity index (χ0) is 23.8. The van der Waals surface area contributed by atoms with Gasteiger partial charge in [-0.3, -0.25) is 14.9 Å². The number of nitrogens with zero attached hydrogens (tertiary/aromatic N) is 1. The maximum absolute atomic E-state index is 13.3. The summed E-state index contributed by atoms with van der Waals surface area (Å²) >= 11 is 0. The first-order valence-corrected chi connectivity index (χ1v) is 10.9. The third kappa shape index (κ3) is 4.58. The summed E-state index contributed by atoms with van der Waals surface area (Å²) in [6.07, 6.45) is 0.980. The quantitative estimate of drug-likeness (QED) is 0.397. The number of hydrogen-bond donors (Lipinski definition) is 1. The van der Waals surface area contributed by atoms with Crippen molar-refractivity contribution in [2.24, 2.45) is 5.41 Å². The van der Waals surface area contributed by atoms with Gasteiger partial charge in [-0.2, -0.15) is 0 Å². The molecule has 170 valence electrons. The molecule has 1 heterocycles. The highest BCUT2D eigenvalue weighted by molar-refractivity contribution is 6.04. The molecule has 33 heavy (non-hydrogen) atoms. The minimum atomic E-state index is -0.729. The number of Topliss-reactive ketones (excluding diaryl/α,β-unsaturated/α-hetero) is 1. The van der Waals surface area contributed by atoms with Crippen LogP contribution in [0.3, 0.4) is 0 Å². The number of nitrogens with one attached hydrogen (secondary N) is 1. The van der Waals surface area contributed by atoms with E-state index >= 15 is 0 Å². The number of ketones is 1. The van der Waals surface area contributed by atoms with Gasteiger partial charge in [-0.05, 0) is 29.9 Å². The summed E-state index contributed by atoms with van der Waals surface area (Å²) in [5.41, 5.74) is 3.21. The maximum atomic E-state index is 13.3. The molecule has 0 fully saturated rings. The van der Waals surface area contributed by atoms with Gasteiger partial charge in [-0.1, -0.05) is 56.3 Å². The van der Waals surface area contributed by atoms with Crippen molar-refractivity contribution in [1.29, 1.82) is 0 Å². The van der Waals surface area contributed by atoms with E-state index in [1.807, 2.05) is 44.2 Å². The number of dihydropyridines is 1. The Kier molecular flexibility index (Phi) is 5.89. The molecule has 1 aliphatic heterocycles. The van der Waals surface area contributed by atoms with Crippen LogP contribution < -0.4 is 5.32 Å². The molecule has 2 aromatic rings.